The van der Waals surface area contributed by atoms with Gasteiger partial charge in [0.2, 0.25) is 0 Å². The molecule has 1 unspecified atom stereocenters. The van der Waals surface area contributed by atoms with Crippen LogP contribution in [0.15, 0.2) is 34.7 Å². The lowest BCUT2D eigenvalue weighted by molar-refractivity contribution is -0.186. The number of alkyl halides is 3. The van der Waals surface area contributed by atoms with Crippen molar-refractivity contribution in [3.05, 3.63) is 36.1 Å². The maximum Gasteiger partial charge on any atom is 0.471 e. The largest absolute Gasteiger partial charge is 0.471 e. The number of benzene rings is 1. The third kappa shape index (κ3) is 2.57. The molecule has 1 aromatic heterocycles. The van der Waals surface area contributed by atoms with Crippen LogP contribution in [-0.2, 0) is 4.79 Å². The lowest BCUT2D eigenvalue weighted by Crippen LogP contribution is -2.39. The number of carbonyl (C=O) groups excluding carboxylic acids is 1. The van der Waals surface area contributed by atoms with Gasteiger partial charge in [0.1, 0.15) is 11.3 Å². The Hall–Kier alpha value is -1.98. The Morgan fingerprint density at radius 1 is 1.32 bits per heavy atom. The fourth-order valence-corrected chi connectivity index (χ4v) is 1.78. The van der Waals surface area contributed by atoms with E-state index in [0.29, 0.717) is 16.2 Å². The number of amides is 1. The van der Waals surface area contributed by atoms with Crippen molar-refractivity contribution in [1.82, 2.24) is 4.90 Å². The average molecular weight is 271 g/mol. The number of halogens is 3. The first kappa shape index (κ1) is 13.5. The summed E-state index contributed by atoms with van der Waals surface area (Å²) in [6.07, 6.45) is -4.88. The summed E-state index contributed by atoms with van der Waals surface area (Å²) in [5, 5.41) is 0.789. The first-order chi connectivity index (χ1) is 8.80. The van der Waals surface area contributed by atoms with E-state index in [2.05, 4.69) is 0 Å². The molecule has 0 saturated carbocycles. The van der Waals surface area contributed by atoms with Crippen LogP contribution in [0.5, 0.6) is 0 Å². The van der Waals surface area contributed by atoms with E-state index in [9.17, 15) is 18.0 Å². The number of fused-ring (bicyclic) bond motifs is 1. The summed E-state index contributed by atoms with van der Waals surface area (Å²) in [6, 6.07) is 7.93. The van der Waals surface area contributed by atoms with E-state index >= 15 is 0 Å². The van der Waals surface area contributed by atoms with Gasteiger partial charge in [0.15, 0.2) is 0 Å². The van der Waals surface area contributed by atoms with E-state index in [0.717, 1.165) is 12.4 Å². The highest BCUT2D eigenvalue weighted by Crippen LogP contribution is 2.29. The topological polar surface area (TPSA) is 33.5 Å². The minimum Gasteiger partial charge on any atom is -0.459 e. The monoisotopic (exact) mass is 271 g/mol. The Labute approximate surface area is 107 Å². The van der Waals surface area contributed by atoms with Crippen LogP contribution < -0.4 is 0 Å². The molecule has 0 aliphatic carbocycles. The molecule has 19 heavy (non-hydrogen) atoms. The molecule has 1 amide bonds. The predicted octanol–water partition coefficient (Wildman–Crippen LogP) is 3.51. The van der Waals surface area contributed by atoms with Gasteiger partial charge in [-0.05, 0) is 19.1 Å². The van der Waals surface area contributed by atoms with Crippen molar-refractivity contribution in [3.63, 3.8) is 0 Å². The van der Waals surface area contributed by atoms with E-state index in [-0.39, 0.29) is 0 Å². The first-order valence-corrected chi connectivity index (χ1v) is 5.63. The molecule has 102 valence electrons. The van der Waals surface area contributed by atoms with Crippen LogP contribution in [0, 0.1) is 0 Å². The molecule has 6 heteroatoms. The summed E-state index contributed by atoms with van der Waals surface area (Å²) in [7, 11) is 1.10. The molecule has 0 radical (unpaired) electrons. The van der Waals surface area contributed by atoms with Crippen molar-refractivity contribution >= 4 is 16.9 Å². The molecule has 1 heterocycles. The summed E-state index contributed by atoms with van der Waals surface area (Å²) in [6.45, 7) is 1.49. The Kier molecular flexibility index (Phi) is 3.26. The maximum atomic E-state index is 12.4. The number of hydrogen-bond donors (Lipinski definition) is 0. The lowest BCUT2D eigenvalue weighted by atomic mass is 10.2. The highest BCUT2D eigenvalue weighted by molar-refractivity contribution is 5.82. The fraction of sp³-hybridized carbons (Fsp3) is 0.308. The van der Waals surface area contributed by atoms with Gasteiger partial charge in [0.05, 0.1) is 6.04 Å². The summed E-state index contributed by atoms with van der Waals surface area (Å²) in [4.78, 5) is 11.8. The third-order valence-electron chi connectivity index (χ3n) is 3.00. The van der Waals surface area contributed by atoms with Crippen LogP contribution in [-0.4, -0.2) is 24.0 Å². The maximum absolute atomic E-state index is 12.4. The number of rotatable bonds is 2. The number of nitrogens with zero attached hydrogens (tertiary/aromatic N) is 1. The second-order valence-corrected chi connectivity index (χ2v) is 4.28. The van der Waals surface area contributed by atoms with Gasteiger partial charge in [-0.3, -0.25) is 4.79 Å². The molecule has 0 fully saturated rings. The molecule has 0 bridgehead atoms. The van der Waals surface area contributed by atoms with Crippen molar-refractivity contribution in [2.75, 3.05) is 7.05 Å². The van der Waals surface area contributed by atoms with Crippen LogP contribution in [0.4, 0.5) is 13.2 Å². The molecule has 3 nitrogen and oxygen atoms in total. The quantitative estimate of drug-likeness (QED) is 0.837. The summed E-state index contributed by atoms with van der Waals surface area (Å²) >= 11 is 0. The van der Waals surface area contributed by atoms with E-state index in [1.807, 2.05) is 0 Å². The zero-order chi connectivity index (χ0) is 14.2. The van der Waals surface area contributed by atoms with Crippen LogP contribution in [0.2, 0.25) is 0 Å². The standard InChI is InChI=1S/C13H12F3NO2/c1-8(17(2)12(18)13(14,15)16)11-7-9-5-3-4-6-10(9)19-11/h3-8H,1-2H3. The smallest absolute Gasteiger partial charge is 0.459 e. The van der Waals surface area contributed by atoms with Crippen LogP contribution in [0.3, 0.4) is 0 Å². The van der Waals surface area contributed by atoms with Crippen LogP contribution in [0.1, 0.15) is 18.7 Å². The molecule has 0 aliphatic heterocycles. The Balaban J connectivity index is 2.28. The van der Waals surface area contributed by atoms with Crippen molar-refractivity contribution in [1.29, 1.82) is 0 Å². The summed E-state index contributed by atoms with van der Waals surface area (Å²) in [5.41, 5.74) is 0.581. The van der Waals surface area contributed by atoms with Gasteiger partial charge in [-0.1, -0.05) is 18.2 Å². The number of hydrogen-bond acceptors (Lipinski definition) is 2. The van der Waals surface area contributed by atoms with Crippen LogP contribution >= 0.6 is 0 Å². The normalized spacial score (nSPS) is 13.5. The van der Waals surface area contributed by atoms with Gasteiger partial charge < -0.3 is 9.32 Å². The van der Waals surface area contributed by atoms with Gasteiger partial charge in [-0.15, -0.1) is 0 Å². The third-order valence-corrected chi connectivity index (χ3v) is 3.00. The molecule has 1 atom stereocenters. The van der Waals surface area contributed by atoms with Gasteiger partial charge in [-0.25, -0.2) is 0 Å². The summed E-state index contributed by atoms with van der Waals surface area (Å²) < 4.78 is 42.5. The van der Waals surface area contributed by atoms with E-state index in [1.54, 1.807) is 30.3 Å². The second-order valence-electron chi connectivity index (χ2n) is 4.28. The molecule has 0 aliphatic rings. The van der Waals surface area contributed by atoms with Gasteiger partial charge in [0.25, 0.3) is 0 Å². The SMILES string of the molecule is CC(c1cc2ccccc2o1)N(C)C(=O)C(F)(F)F. The zero-order valence-corrected chi connectivity index (χ0v) is 10.4. The molecule has 2 rings (SSSR count). The number of para-hydroxylation sites is 1. The van der Waals surface area contributed by atoms with E-state index in [1.165, 1.54) is 6.92 Å². The minimum atomic E-state index is -4.88. The first-order valence-electron chi connectivity index (χ1n) is 5.63. The summed E-state index contributed by atoms with van der Waals surface area (Å²) in [5.74, 6) is -1.57. The molecule has 0 spiro atoms. The fourth-order valence-electron chi connectivity index (χ4n) is 1.78. The zero-order valence-electron chi connectivity index (χ0n) is 10.4. The molecule has 0 saturated heterocycles. The number of carbonyl (C=O) groups is 1. The molecule has 0 N–H and O–H groups in total. The molecule has 1 aromatic carbocycles. The minimum absolute atomic E-state index is 0.321. The predicted molar refractivity (Wildman–Crippen MR) is 63.5 cm³/mol. The Morgan fingerprint density at radius 3 is 2.53 bits per heavy atom. The van der Waals surface area contributed by atoms with Crippen molar-refractivity contribution in [3.8, 4) is 0 Å². The lowest BCUT2D eigenvalue weighted by Gasteiger charge is -2.24. The highest BCUT2D eigenvalue weighted by atomic mass is 19.4. The van der Waals surface area contributed by atoms with Gasteiger partial charge in [0, 0.05) is 12.4 Å². The second kappa shape index (κ2) is 4.60. The van der Waals surface area contributed by atoms with Crippen LogP contribution in [0.25, 0.3) is 11.0 Å². The highest BCUT2D eigenvalue weighted by Gasteiger charge is 2.43. The average Bonchev–Trinajstić information content (AvgIpc) is 2.78. The van der Waals surface area contributed by atoms with Gasteiger partial charge in [-0.2, -0.15) is 13.2 Å². The van der Waals surface area contributed by atoms with Crippen molar-refractivity contribution in [2.24, 2.45) is 0 Å². The van der Waals surface area contributed by atoms with Crippen molar-refractivity contribution < 1.29 is 22.4 Å². The Morgan fingerprint density at radius 2 is 1.95 bits per heavy atom. The van der Waals surface area contributed by atoms with Gasteiger partial charge >= 0.3 is 12.1 Å². The van der Waals surface area contributed by atoms with E-state index in [4.69, 9.17) is 4.42 Å². The van der Waals surface area contributed by atoms with E-state index < -0.39 is 18.1 Å². The molecule has 2 aromatic rings. The molecular formula is C13H12F3NO2. The molecular weight excluding hydrogens is 259 g/mol. The van der Waals surface area contributed by atoms with Crippen molar-refractivity contribution in [2.45, 2.75) is 19.1 Å². The Bertz CT molecular complexity index is 570. The number of furan rings is 1.